The molecule has 12 heavy (non-hydrogen) atoms. The molecule has 3 nitrogen and oxygen atoms in total. The number of aliphatic carboxylic acids is 1. The highest BCUT2D eigenvalue weighted by molar-refractivity contribution is 5.64. The van der Waals surface area contributed by atoms with E-state index < -0.39 is 5.97 Å². The Balaban J connectivity index is 2.21. The van der Waals surface area contributed by atoms with E-state index in [9.17, 15) is 9.90 Å². The summed E-state index contributed by atoms with van der Waals surface area (Å²) in [5.41, 5.74) is 0. The molecule has 1 heterocycles. The lowest BCUT2D eigenvalue weighted by Gasteiger charge is -2.28. The van der Waals surface area contributed by atoms with Crippen molar-refractivity contribution in [2.24, 2.45) is 5.92 Å². The Bertz CT molecular complexity index is 151. The van der Waals surface area contributed by atoms with E-state index in [0.29, 0.717) is 5.92 Å². The molecule has 1 saturated heterocycles. The maximum Gasteiger partial charge on any atom is 0.0773 e. The first-order valence-corrected chi connectivity index (χ1v) is 4.75. The summed E-state index contributed by atoms with van der Waals surface area (Å²) in [6.07, 6.45) is 2.37. The molecule has 1 rings (SSSR count). The van der Waals surface area contributed by atoms with Gasteiger partial charge in [0, 0.05) is 5.97 Å². The van der Waals surface area contributed by atoms with Crippen LogP contribution in [0, 0.1) is 5.92 Å². The molecular formula is C9H17NO2. The highest BCUT2D eigenvalue weighted by Crippen LogP contribution is 2.12. The number of piperidine rings is 1. The summed E-state index contributed by atoms with van der Waals surface area (Å²) in [4.78, 5) is 11.9. The third kappa shape index (κ3) is 2.81. The van der Waals surface area contributed by atoms with Crippen LogP contribution in [0.15, 0.2) is 0 Å². The number of hydrogen-bond acceptors (Lipinski definition) is 2. The van der Waals surface area contributed by atoms with Gasteiger partial charge in [0.1, 0.15) is 0 Å². The fourth-order valence-electron chi connectivity index (χ4n) is 1.88. The van der Waals surface area contributed by atoms with Gasteiger partial charge in [0.15, 0.2) is 0 Å². The zero-order chi connectivity index (χ0) is 8.97. The van der Waals surface area contributed by atoms with Gasteiger partial charge >= 0.3 is 0 Å². The lowest BCUT2D eigenvalue weighted by molar-refractivity contribution is -0.904. The molecular weight excluding hydrogens is 154 g/mol. The number of carbonyl (C=O) groups excluding carboxylic acids is 1. The van der Waals surface area contributed by atoms with Crippen LogP contribution < -0.4 is 10.0 Å². The van der Waals surface area contributed by atoms with Crippen molar-refractivity contribution in [3.63, 3.8) is 0 Å². The molecule has 0 saturated carbocycles. The quantitative estimate of drug-likeness (QED) is 0.558. The molecule has 0 aromatic rings. The Labute approximate surface area is 73.4 Å². The molecule has 0 aromatic carbocycles. The van der Waals surface area contributed by atoms with Gasteiger partial charge in [-0.05, 0) is 32.1 Å². The Morgan fingerprint density at radius 3 is 2.50 bits per heavy atom. The molecule has 0 unspecified atom stereocenters. The van der Waals surface area contributed by atoms with Crippen molar-refractivity contribution in [2.75, 3.05) is 19.6 Å². The summed E-state index contributed by atoms with van der Waals surface area (Å²) in [6.45, 7) is 5.61. The highest BCUT2D eigenvalue weighted by atomic mass is 16.4. The third-order valence-corrected chi connectivity index (χ3v) is 2.77. The van der Waals surface area contributed by atoms with Crippen molar-refractivity contribution in [1.29, 1.82) is 0 Å². The fourth-order valence-corrected chi connectivity index (χ4v) is 1.88. The molecule has 0 amide bonds. The molecule has 3 heteroatoms. The SMILES string of the molecule is CC[NH+]1CCC(CC(=O)[O-])CC1. The highest BCUT2D eigenvalue weighted by Gasteiger charge is 2.20. The van der Waals surface area contributed by atoms with E-state index in [1.165, 1.54) is 0 Å². The zero-order valence-electron chi connectivity index (χ0n) is 7.64. The second-order valence-electron chi connectivity index (χ2n) is 3.62. The van der Waals surface area contributed by atoms with Crippen molar-refractivity contribution >= 4 is 5.97 Å². The van der Waals surface area contributed by atoms with Gasteiger partial charge in [-0.25, -0.2) is 0 Å². The van der Waals surface area contributed by atoms with Gasteiger partial charge in [-0.2, -0.15) is 0 Å². The minimum atomic E-state index is -0.889. The molecule has 0 bridgehead atoms. The summed E-state index contributed by atoms with van der Waals surface area (Å²) in [5.74, 6) is -0.509. The summed E-state index contributed by atoms with van der Waals surface area (Å²) < 4.78 is 0. The predicted molar refractivity (Wildman–Crippen MR) is 43.6 cm³/mol. The average molecular weight is 171 g/mol. The van der Waals surface area contributed by atoms with Gasteiger partial charge in [-0.1, -0.05) is 0 Å². The van der Waals surface area contributed by atoms with E-state index >= 15 is 0 Å². The van der Waals surface area contributed by atoms with Gasteiger partial charge in [0.05, 0.1) is 19.6 Å². The molecule has 0 atom stereocenters. The topological polar surface area (TPSA) is 44.6 Å². The number of carboxylic acids is 1. The van der Waals surface area contributed by atoms with Crippen molar-refractivity contribution in [2.45, 2.75) is 26.2 Å². The Hall–Kier alpha value is -0.570. The minimum Gasteiger partial charge on any atom is -0.550 e. The Kier molecular flexibility index (Phi) is 3.53. The first kappa shape index (κ1) is 9.52. The first-order chi connectivity index (χ1) is 5.72. The lowest BCUT2D eigenvalue weighted by Crippen LogP contribution is -3.12. The van der Waals surface area contributed by atoms with Gasteiger partial charge in [-0.15, -0.1) is 0 Å². The number of likely N-dealkylation sites (tertiary alicyclic amines) is 1. The number of hydrogen-bond donors (Lipinski definition) is 1. The molecule has 0 aromatic heterocycles. The average Bonchev–Trinajstić information content (AvgIpc) is 2.05. The van der Waals surface area contributed by atoms with Gasteiger partial charge < -0.3 is 14.8 Å². The van der Waals surface area contributed by atoms with Crippen LogP contribution in [0.4, 0.5) is 0 Å². The maximum atomic E-state index is 10.3. The minimum absolute atomic E-state index is 0.261. The molecule has 70 valence electrons. The largest absolute Gasteiger partial charge is 0.550 e. The van der Waals surface area contributed by atoms with E-state index in [4.69, 9.17) is 0 Å². The van der Waals surface area contributed by atoms with Crippen LogP contribution in [-0.4, -0.2) is 25.6 Å². The molecule has 1 fully saturated rings. The summed E-state index contributed by atoms with van der Waals surface area (Å²) in [5, 5.41) is 10.3. The molecule has 0 radical (unpaired) electrons. The predicted octanol–water partition coefficient (Wildman–Crippen LogP) is -1.56. The van der Waals surface area contributed by atoms with Crippen LogP contribution >= 0.6 is 0 Å². The van der Waals surface area contributed by atoms with Crippen LogP contribution in [0.5, 0.6) is 0 Å². The third-order valence-electron chi connectivity index (χ3n) is 2.77. The molecule has 0 spiro atoms. The van der Waals surface area contributed by atoms with E-state index in [-0.39, 0.29) is 6.42 Å². The maximum absolute atomic E-state index is 10.3. The number of rotatable bonds is 3. The molecule has 1 aliphatic heterocycles. The second-order valence-corrected chi connectivity index (χ2v) is 3.62. The van der Waals surface area contributed by atoms with E-state index in [0.717, 1.165) is 32.5 Å². The van der Waals surface area contributed by atoms with Crippen LogP contribution in [0.3, 0.4) is 0 Å². The number of nitrogens with one attached hydrogen (secondary N) is 1. The van der Waals surface area contributed by atoms with Gasteiger partial charge in [0.25, 0.3) is 0 Å². The molecule has 0 aliphatic carbocycles. The monoisotopic (exact) mass is 171 g/mol. The summed E-state index contributed by atoms with van der Waals surface area (Å²) in [6, 6.07) is 0. The van der Waals surface area contributed by atoms with Gasteiger partial charge in [0.2, 0.25) is 0 Å². The van der Waals surface area contributed by atoms with Crippen molar-refractivity contribution in [3.8, 4) is 0 Å². The van der Waals surface area contributed by atoms with Crippen LogP contribution in [-0.2, 0) is 4.79 Å². The van der Waals surface area contributed by atoms with E-state index in [1.54, 1.807) is 4.90 Å². The van der Waals surface area contributed by atoms with Crippen molar-refractivity contribution in [1.82, 2.24) is 0 Å². The molecule has 1 aliphatic rings. The van der Waals surface area contributed by atoms with Crippen molar-refractivity contribution in [3.05, 3.63) is 0 Å². The van der Waals surface area contributed by atoms with E-state index in [2.05, 4.69) is 6.92 Å². The number of carboxylic acid groups (broad SMARTS) is 1. The van der Waals surface area contributed by atoms with Gasteiger partial charge in [-0.3, -0.25) is 0 Å². The molecule has 1 N–H and O–H groups in total. The van der Waals surface area contributed by atoms with Crippen LogP contribution in [0.2, 0.25) is 0 Å². The normalized spacial score (nSPS) is 30.1. The zero-order valence-corrected chi connectivity index (χ0v) is 7.64. The summed E-state index contributed by atoms with van der Waals surface area (Å²) >= 11 is 0. The van der Waals surface area contributed by atoms with E-state index in [1.807, 2.05) is 0 Å². The smallest absolute Gasteiger partial charge is 0.0773 e. The van der Waals surface area contributed by atoms with Crippen LogP contribution in [0.25, 0.3) is 0 Å². The fraction of sp³-hybridized carbons (Fsp3) is 0.889. The standard InChI is InChI=1S/C9H17NO2/c1-2-10-5-3-8(4-6-10)7-9(11)12/h8H,2-7H2,1H3,(H,11,12). The number of carbonyl (C=O) groups is 1. The lowest BCUT2D eigenvalue weighted by atomic mass is 9.94. The van der Waals surface area contributed by atoms with Crippen LogP contribution in [0.1, 0.15) is 26.2 Å². The summed E-state index contributed by atoms with van der Waals surface area (Å²) in [7, 11) is 0. The Morgan fingerprint density at radius 1 is 1.50 bits per heavy atom. The second kappa shape index (κ2) is 4.45. The first-order valence-electron chi connectivity index (χ1n) is 4.75. The Morgan fingerprint density at radius 2 is 2.08 bits per heavy atom. The number of quaternary nitrogens is 1. The van der Waals surface area contributed by atoms with Crippen molar-refractivity contribution < 1.29 is 14.8 Å².